The van der Waals surface area contributed by atoms with E-state index in [1.54, 1.807) is 0 Å². The molecule has 1 aromatic rings. The highest BCUT2D eigenvalue weighted by Crippen LogP contribution is 2.35. The van der Waals surface area contributed by atoms with Crippen LogP contribution >= 0.6 is 0 Å². The van der Waals surface area contributed by atoms with E-state index < -0.39 is 5.97 Å². The predicted octanol–water partition coefficient (Wildman–Crippen LogP) is 2.86. The molecule has 0 aliphatic rings. The Labute approximate surface area is 114 Å². The maximum absolute atomic E-state index is 10.6. The van der Waals surface area contributed by atoms with Crippen LogP contribution < -0.4 is 5.73 Å². The first kappa shape index (κ1) is 15.5. The van der Waals surface area contributed by atoms with Gasteiger partial charge in [-0.1, -0.05) is 32.9 Å². The molecule has 1 unspecified atom stereocenters. The lowest BCUT2D eigenvalue weighted by Crippen LogP contribution is -2.16. The molecule has 0 fully saturated rings. The molecule has 0 aromatic heterocycles. The molecular weight excluding hydrogens is 242 g/mol. The fraction of sp³-hybridized carbons (Fsp3) is 0.533. The Balaban J connectivity index is 3.10. The van der Waals surface area contributed by atoms with E-state index >= 15 is 0 Å². The van der Waals surface area contributed by atoms with Gasteiger partial charge in [0.25, 0.3) is 0 Å². The second-order valence-electron chi connectivity index (χ2n) is 6.02. The maximum atomic E-state index is 10.6. The molecule has 4 nitrogen and oxygen atoms in total. The van der Waals surface area contributed by atoms with Gasteiger partial charge >= 0.3 is 5.97 Å². The summed E-state index contributed by atoms with van der Waals surface area (Å²) in [5, 5.41) is 18.8. The van der Waals surface area contributed by atoms with Gasteiger partial charge < -0.3 is 15.9 Å². The number of rotatable bonds is 4. The molecule has 4 heteroatoms. The minimum Gasteiger partial charge on any atom is -0.507 e. The quantitative estimate of drug-likeness (QED) is 0.781. The van der Waals surface area contributed by atoms with Crippen LogP contribution in [0.2, 0.25) is 0 Å². The number of carboxylic acid groups (broad SMARTS) is 1. The highest BCUT2D eigenvalue weighted by molar-refractivity contribution is 5.66. The highest BCUT2D eigenvalue weighted by Gasteiger charge is 2.21. The number of aromatic hydroxyl groups is 1. The number of phenols is 1. The van der Waals surface area contributed by atoms with Gasteiger partial charge in [0.1, 0.15) is 5.75 Å². The van der Waals surface area contributed by atoms with E-state index in [-0.39, 0.29) is 17.9 Å². The molecule has 0 saturated heterocycles. The molecule has 0 saturated carbocycles. The van der Waals surface area contributed by atoms with Gasteiger partial charge in [0.05, 0.1) is 0 Å². The number of carboxylic acids is 1. The van der Waals surface area contributed by atoms with E-state index in [1.165, 1.54) is 0 Å². The molecule has 0 aliphatic heterocycles. The molecule has 0 bridgehead atoms. The van der Waals surface area contributed by atoms with Crippen LogP contribution in [0.25, 0.3) is 0 Å². The second kappa shape index (κ2) is 5.61. The van der Waals surface area contributed by atoms with Gasteiger partial charge in [-0.3, -0.25) is 4.79 Å². The molecule has 19 heavy (non-hydrogen) atoms. The van der Waals surface area contributed by atoms with Gasteiger partial charge in [-0.15, -0.1) is 0 Å². The van der Waals surface area contributed by atoms with Gasteiger partial charge in [0.2, 0.25) is 0 Å². The van der Waals surface area contributed by atoms with Crippen molar-refractivity contribution in [3.05, 3.63) is 28.8 Å². The van der Waals surface area contributed by atoms with Gasteiger partial charge in [-0.05, 0) is 35.4 Å². The van der Waals surface area contributed by atoms with Crippen LogP contribution in [-0.4, -0.2) is 16.2 Å². The van der Waals surface area contributed by atoms with E-state index in [0.717, 1.165) is 16.7 Å². The minimum absolute atomic E-state index is 0.0476. The van der Waals surface area contributed by atoms with Crippen LogP contribution in [0.4, 0.5) is 0 Å². The number of hydrogen-bond acceptors (Lipinski definition) is 3. The summed E-state index contributed by atoms with van der Waals surface area (Å²) in [6.07, 6.45) is 0.440. The van der Waals surface area contributed by atoms with Crippen LogP contribution in [-0.2, 0) is 10.2 Å². The summed E-state index contributed by atoms with van der Waals surface area (Å²) in [6, 6.07) is 3.39. The number of carbonyl (C=O) groups is 1. The Morgan fingerprint density at radius 3 is 2.42 bits per heavy atom. The summed E-state index contributed by atoms with van der Waals surface area (Å²) >= 11 is 0. The first-order valence-electron chi connectivity index (χ1n) is 6.44. The number of aliphatic carboxylic acids is 1. The monoisotopic (exact) mass is 265 g/mol. The molecule has 0 radical (unpaired) electrons. The lowest BCUT2D eigenvalue weighted by atomic mass is 9.83. The van der Waals surface area contributed by atoms with Crippen molar-refractivity contribution in [2.75, 3.05) is 0 Å². The Morgan fingerprint density at radius 1 is 1.37 bits per heavy atom. The molecule has 1 rings (SSSR count). The number of nitrogens with two attached hydrogens (primary N) is 1. The molecule has 1 atom stereocenters. The van der Waals surface area contributed by atoms with Crippen molar-refractivity contribution < 1.29 is 15.0 Å². The van der Waals surface area contributed by atoms with Crippen molar-refractivity contribution in [2.45, 2.75) is 52.0 Å². The summed E-state index contributed by atoms with van der Waals surface area (Å²) in [5.41, 5.74) is 8.34. The molecule has 0 aliphatic carbocycles. The first-order chi connectivity index (χ1) is 8.62. The average Bonchev–Trinajstić information content (AvgIpc) is 2.27. The summed E-state index contributed by atoms with van der Waals surface area (Å²) < 4.78 is 0. The minimum atomic E-state index is -0.845. The van der Waals surface area contributed by atoms with E-state index in [9.17, 15) is 9.90 Å². The first-order valence-corrected chi connectivity index (χ1v) is 6.44. The lowest BCUT2D eigenvalue weighted by Gasteiger charge is -2.24. The number of phenolic OH excluding ortho intramolecular Hbond substituents is 1. The van der Waals surface area contributed by atoms with E-state index in [4.69, 9.17) is 10.8 Å². The summed E-state index contributed by atoms with van der Waals surface area (Å²) in [6.45, 7) is 7.90. The van der Waals surface area contributed by atoms with Crippen LogP contribution in [0.15, 0.2) is 12.1 Å². The third-order valence-corrected chi connectivity index (χ3v) is 3.23. The number of hydrogen-bond donors (Lipinski definition) is 3. The Bertz CT molecular complexity index is 475. The zero-order valence-corrected chi connectivity index (χ0v) is 12.0. The maximum Gasteiger partial charge on any atom is 0.303 e. The topological polar surface area (TPSA) is 83.6 Å². The summed E-state index contributed by atoms with van der Waals surface area (Å²) in [7, 11) is 0. The standard InChI is InChI=1S/C15H23NO3/c1-9-7-10(12(16)5-6-13(17)18)8-11(14(9)19)15(2,3)4/h7-8,12,19H,5-6,16H2,1-4H3,(H,17,18). The smallest absolute Gasteiger partial charge is 0.303 e. The fourth-order valence-electron chi connectivity index (χ4n) is 2.04. The Hall–Kier alpha value is -1.55. The van der Waals surface area contributed by atoms with Crippen LogP contribution in [0.3, 0.4) is 0 Å². The molecule has 0 amide bonds. The van der Waals surface area contributed by atoms with Crippen molar-refractivity contribution in [3.63, 3.8) is 0 Å². The van der Waals surface area contributed by atoms with E-state index in [0.29, 0.717) is 12.2 Å². The van der Waals surface area contributed by atoms with Crippen molar-refractivity contribution in [1.29, 1.82) is 0 Å². The zero-order valence-electron chi connectivity index (χ0n) is 12.0. The van der Waals surface area contributed by atoms with Gasteiger partial charge in [-0.2, -0.15) is 0 Å². The average molecular weight is 265 g/mol. The van der Waals surface area contributed by atoms with Gasteiger partial charge in [0, 0.05) is 12.5 Å². The third-order valence-electron chi connectivity index (χ3n) is 3.23. The predicted molar refractivity (Wildman–Crippen MR) is 75.3 cm³/mol. The lowest BCUT2D eigenvalue weighted by molar-refractivity contribution is -0.137. The van der Waals surface area contributed by atoms with Gasteiger partial charge in [-0.25, -0.2) is 0 Å². The van der Waals surface area contributed by atoms with Crippen molar-refractivity contribution in [3.8, 4) is 5.75 Å². The van der Waals surface area contributed by atoms with E-state index in [2.05, 4.69) is 0 Å². The SMILES string of the molecule is Cc1cc(C(N)CCC(=O)O)cc(C(C)(C)C)c1O. The number of benzene rings is 1. The number of aryl methyl sites for hydroxylation is 1. The summed E-state index contributed by atoms with van der Waals surface area (Å²) in [4.78, 5) is 10.6. The highest BCUT2D eigenvalue weighted by atomic mass is 16.4. The van der Waals surface area contributed by atoms with Crippen molar-refractivity contribution in [1.82, 2.24) is 0 Å². The molecule has 106 valence electrons. The summed E-state index contributed by atoms with van der Waals surface area (Å²) in [5.74, 6) is -0.552. The van der Waals surface area contributed by atoms with Crippen LogP contribution in [0, 0.1) is 6.92 Å². The molecule has 1 aromatic carbocycles. The normalized spacial score (nSPS) is 13.3. The third kappa shape index (κ3) is 3.96. The largest absolute Gasteiger partial charge is 0.507 e. The molecular formula is C15H23NO3. The molecule has 4 N–H and O–H groups in total. The molecule has 0 heterocycles. The Morgan fingerprint density at radius 2 is 1.95 bits per heavy atom. The van der Waals surface area contributed by atoms with Crippen molar-refractivity contribution >= 4 is 5.97 Å². The Kier molecular flexibility index (Phi) is 4.58. The van der Waals surface area contributed by atoms with Crippen LogP contribution in [0.1, 0.15) is 56.3 Å². The zero-order chi connectivity index (χ0) is 14.8. The second-order valence-corrected chi connectivity index (χ2v) is 6.02. The van der Waals surface area contributed by atoms with Crippen molar-refractivity contribution in [2.24, 2.45) is 5.73 Å². The van der Waals surface area contributed by atoms with E-state index in [1.807, 2.05) is 39.8 Å². The fourth-order valence-corrected chi connectivity index (χ4v) is 2.04. The van der Waals surface area contributed by atoms with Gasteiger partial charge in [0.15, 0.2) is 0 Å². The molecule has 0 spiro atoms. The van der Waals surface area contributed by atoms with Crippen LogP contribution in [0.5, 0.6) is 5.75 Å².